The lowest BCUT2D eigenvalue weighted by Gasteiger charge is -2.24. The van der Waals surface area contributed by atoms with Crippen LogP contribution in [-0.2, 0) is 19.1 Å². The summed E-state index contributed by atoms with van der Waals surface area (Å²) in [5.41, 5.74) is 0. The van der Waals surface area contributed by atoms with E-state index in [1.54, 1.807) is 0 Å². The molecule has 0 radical (unpaired) electrons. The number of rotatable bonds is 1. The van der Waals surface area contributed by atoms with Gasteiger partial charge in [0.25, 0.3) is 0 Å². The van der Waals surface area contributed by atoms with Crippen LogP contribution >= 0.6 is 0 Å². The summed E-state index contributed by atoms with van der Waals surface area (Å²) < 4.78 is 9.77. The number of methoxy groups -OCH3 is 1. The lowest BCUT2D eigenvalue weighted by molar-refractivity contribution is -0.155. The van der Waals surface area contributed by atoms with Crippen LogP contribution in [0.4, 0.5) is 0 Å². The molecule has 0 aromatic carbocycles. The lowest BCUT2D eigenvalue weighted by atomic mass is 9.80. The van der Waals surface area contributed by atoms with Crippen molar-refractivity contribution in [3.8, 4) is 0 Å². The van der Waals surface area contributed by atoms with Gasteiger partial charge < -0.3 is 9.47 Å². The van der Waals surface area contributed by atoms with Crippen molar-refractivity contribution in [3.05, 3.63) is 0 Å². The number of ether oxygens (including phenoxy) is 2. The Morgan fingerprint density at radius 2 is 2.14 bits per heavy atom. The van der Waals surface area contributed by atoms with Crippen molar-refractivity contribution < 1.29 is 19.1 Å². The van der Waals surface area contributed by atoms with Gasteiger partial charge in [-0.05, 0) is 19.3 Å². The Morgan fingerprint density at radius 3 is 2.86 bits per heavy atom. The lowest BCUT2D eigenvalue weighted by Crippen LogP contribution is -2.30. The second-order valence-corrected chi connectivity index (χ2v) is 3.92. The Kier molecular flexibility index (Phi) is 2.44. The second kappa shape index (κ2) is 3.59. The van der Waals surface area contributed by atoms with E-state index in [2.05, 4.69) is 4.74 Å². The summed E-state index contributed by atoms with van der Waals surface area (Å²) in [6.45, 7) is 0. The Morgan fingerprint density at radius 1 is 1.43 bits per heavy atom. The van der Waals surface area contributed by atoms with Crippen LogP contribution in [0.25, 0.3) is 0 Å². The predicted octanol–water partition coefficient (Wildman–Crippen LogP) is 0.891. The number of hydrogen-bond acceptors (Lipinski definition) is 4. The quantitative estimate of drug-likeness (QED) is 0.464. The Hall–Kier alpha value is -1.06. The fraction of sp³-hybridized carbons (Fsp3) is 0.800. The van der Waals surface area contributed by atoms with Gasteiger partial charge in [0.1, 0.15) is 6.10 Å². The van der Waals surface area contributed by atoms with Gasteiger partial charge in [-0.2, -0.15) is 0 Å². The summed E-state index contributed by atoms with van der Waals surface area (Å²) in [5, 5.41) is 0. The van der Waals surface area contributed by atoms with Crippen molar-refractivity contribution in [2.24, 2.45) is 11.8 Å². The minimum atomic E-state index is -0.662. The molecule has 0 aromatic heterocycles. The van der Waals surface area contributed by atoms with Crippen LogP contribution in [-0.4, -0.2) is 25.2 Å². The van der Waals surface area contributed by atoms with Crippen molar-refractivity contribution >= 4 is 11.9 Å². The van der Waals surface area contributed by atoms with Crippen molar-refractivity contribution in [3.63, 3.8) is 0 Å². The fourth-order valence-corrected chi connectivity index (χ4v) is 2.45. The minimum Gasteiger partial charge on any atom is -0.468 e. The standard InChI is InChI=1S/C10H14O4/c1-13-9(11)8-6-4-2-3-5-7(6)14-10(8)12/h6-8H,2-5H2,1H3/t6-,7-,8+/m0/s1. The second-order valence-electron chi connectivity index (χ2n) is 3.92. The molecule has 2 fully saturated rings. The van der Waals surface area contributed by atoms with E-state index >= 15 is 0 Å². The normalized spacial score (nSPS) is 36.1. The topological polar surface area (TPSA) is 52.6 Å². The van der Waals surface area contributed by atoms with Crippen LogP contribution in [0, 0.1) is 11.8 Å². The Balaban J connectivity index is 2.15. The van der Waals surface area contributed by atoms with Crippen molar-refractivity contribution in [1.82, 2.24) is 0 Å². The first-order valence-electron chi connectivity index (χ1n) is 5.02. The largest absolute Gasteiger partial charge is 0.468 e. The zero-order valence-corrected chi connectivity index (χ0v) is 8.19. The van der Waals surface area contributed by atoms with Gasteiger partial charge in [-0.1, -0.05) is 6.42 Å². The SMILES string of the molecule is COC(=O)[C@@H]1C(=O)O[C@H]2CCCC[C@H]12. The highest BCUT2D eigenvalue weighted by molar-refractivity contribution is 5.96. The highest BCUT2D eigenvalue weighted by Gasteiger charge is 2.49. The summed E-state index contributed by atoms with van der Waals surface area (Å²) >= 11 is 0. The van der Waals surface area contributed by atoms with Gasteiger partial charge in [-0.15, -0.1) is 0 Å². The smallest absolute Gasteiger partial charge is 0.321 e. The van der Waals surface area contributed by atoms with E-state index in [-0.39, 0.29) is 12.0 Å². The Bertz CT molecular complexity index is 261. The molecule has 1 aliphatic heterocycles. The highest BCUT2D eigenvalue weighted by Crippen LogP contribution is 2.39. The molecule has 1 saturated carbocycles. The molecule has 3 atom stereocenters. The molecule has 1 heterocycles. The third-order valence-electron chi connectivity index (χ3n) is 3.16. The van der Waals surface area contributed by atoms with Gasteiger partial charge in [0.2, 0.25) is 0 Å². The molecule has 2 aliphatic rings. The van der Waals surface area contributed by atoms with Crippen LogP contribution in [0.2, 0.25) is 0 Å². The number of carbonyl (C=O) groups excluding carboxylic acids is 2. The maximum absolute atomic E-state index is 11.4. The molecule has 0 spiro atoms. The molecule has 0 bridgehead atoms. The molecule has 0 amide bonds. The van der Waals surface area contributed by atoms with Crippen molar-refractivity contribution in [2.75, 3.05) is 7.11 Å². The third kappa shape index (κ3) is 1.38. The van der Waals surface area contributed by atoms with E-state index in [0.29, 0.717) is 0 Å². The molecule has 0 N–H and O–H groups in total. The van der Waals surface area contributed by atoms with E-state index in [4.69, 9.17) is 4.74 Å². The third-order valence-corrected chi connectivity index (χ3v) is 3.16. The van der Waals surface area contributed by atoms with Crippen molar-refractivity contribution in [1.29, 1.82) is 0 Å². The van der Waals surface area contributed by atoms with E-state index in [0.717, 1.165) is 25.7 Å². The molecule has 1 saturated heterocycles. The monoisotopic (exact) mass is 198 g/mol. The van der Waals surface area contributed by atoms with Crippen LogP contribution in [0.1, 0.15) is 25.7 Å². The van der Waals surface area contributed by atoms with Gasteiger partial charge in [-0.3, -0.25) is 9.59 Å². The molecule has 2 rings (SSSR count). The van der Waals surface area contributed by atoms with Crippen LogP contribution in [0.15, 0.2) is 0 Å². The zero-order valence-electron chi connectivity index (χ0n) is 8.19. The average Bonchev–Trinajstić information content (AvgIpc) is 2.53. The van der Waals surface area contributed by atoms with E-state index in [1.807, 2.05) is 0 Å². The molecule has 0 aromatic rings. The van der Waals surface area contributed by atoms with E-state index in [1.165, 1.54) is 7.11 Å². The Labute approximate surface area is 82.6 Å². The first kappa shape index (κ1) is 9.49. The van der Waals surface area contributed by atoms with Crippen LogP contribution < -0.4 is 0 Å². The fourth-order valence-electron chi connectivity index (χ4n) is 2.45. The number of fused-ring (bicyclic) bond motifs is 1. The minimum absolute atomic E-state index is 0.0413. The zero-order chi connectivity index (χ0) is 10.1. The summed E-state index contributed by atoms with van der Waals surface area (Å²) in [6.07, 6.45) is 3.91. The van der Waals surface area contributed by atoms with Crippen molar-refractivity contribution in [2.45, 2.75) is 31.8 Å². The van der Waals surface area contributed by atoms with Gasteiger partial charge in [0.15, 0.2) is 5.92 Å². The van der Waals surface area contributed by atoms with Gasteiger partial charge in [-0.25, -0.2) is 0 Å². The maximum atomic E-state index is 11.4. The van der Waals surface area contributed by atoms with E-state index < -0.39 is 17.9 Å². The number of esters is 2. The summed E-state index contributed by atoms with van der Waals surface area (Å²) in [7, 11) is 1.31. The average molecular weight is 198 g/mol. The summed E-state index contributed by atoms with van der Waals surface area (Å²) in [4.78, 5) is 22.8. The molecule has 4 nitrogen and oxygen atoms in total. The van der Waals surface area contributed by atoms with Gasteiger partial charge >= 0.3 is 11.9 Å². The molecule has 78 valence electrons. The molecule has 4 heteroatoms. The number of hydrogen-bond donors (Lipinski definition) is 0. The molecular weight excluding hydrogens is 184 g/mol. The first-order valence-corrected chi connectivity index (χ1v) is 5.02. The highest BCUT2D eigenvalue weighted by atomic mass is 16.6. The number of carbonyl (C=O) groups is 2. The van der Waals surface area contributed by atoms with E-state index in [9.17, 15) is 9.59 Å². The van der Waals surface area contributed by atoms with Crippen LogP contribution in [0.5, 0.6) is 0 Å². The van der Waals surface area contributed by atoms with Gasteiger partial charge in [0.05, 0.1) is 7.11 Å². The molecule has 0 unspecified atom stereocenters. The molecule has 1 aliphatic carbocycles. The van der Waals surface area contributed by atoms with Crippen LogP contribution in [0.3, 0.4) is 0 Å². The molecular formula is C10H14O4. The van der Waals surface area contributed by atoms with Gasteiger partial charge in [0, 0.05) is 5.92 Å². The first-order chi connectivity index (χ1) is 6.74. The summed E-state index contributed by atoms with van der Waals surface area (Å²) in [5.74, 6) is -1.44. The maximum Gasteiger partial charge on any atom is 0.321 e. The predicted molar refractivity (Wildman–Crippen MR) is 47.3 cm³/mol. The summed E-state index contributed by atoms with van der Waals surface area (Å²) in [6, 6.07) is 0. The molecule has 14 heavy (non-hydrogen) atoms.